The average Bonchev–Trinajstić information content (AvgIpc) is 3.80. The molecule has 2 unspecified atom stereocenters. The summed E-state index contributed by atoms with van der Waals surface area (Å²) in [4.78, 5) is 55.9. The van der Waals surface area contributed by atoms with Gasteiger partial charge in [-0.05, 0) is 130 Å². The zero-order valence-corrected chi connectivity index (χ0v) is 35.4. The number of aromatic hydroxyl groups is 1. The molecule has 0 aliphatic carbocycles. The van der Waals surface area contributed by atoms with Gasteiger partial charge < -0.3 is 54.6 Å². The highest BCUT2D eigenvalue weighted by atomic mass is 16.5. The zero-order chi connectivity index (χ0) is 44.1. The molecule has 3 aromatic carbocycles. The summed E-state index contributed by atoms with van der Waals surface area (Å²) in [6.07, 6.45) is 4.79. The van der Waals surface area contributed by atoms with Crippen molar-refractivity contribution in [3.8, 4) is 11.5 Å². The molecule has 15 heteroatoms. The molecule has 0 radical (unpaired) electrons. The Hall–Kier alpha value is -6.16. The number of esters is 1. The van der Waals surface area contributed by atoms with Crippen LogP contribution in [0.4, 0.5) is 4.79 Å². The minimum Gasteiger partial charge on any atom is -0.506 e. The number of aromatic amines is 1. The van der Waals surface area contributed by atoms with E-state index >= 15 is 0 Å². The number of aromatic nitrogens is 1. The third-order valence-electron chi connectivity index (χ3n) is 12.1. The van der Waals surface area contributed by atoms with Gasteiger partial charge in [0.25, 0.3) is 5.91 Å². The molecule has 2 atom stereocenters. The molecule has 2 bridgehead atoms. The number of likely N-dealkylation sites (tertiary alicyclic amines) is 1. The van der Waals surface area contributed by atoms with Gasteiger partial charge in [-0.25, -0.2) is 4.79 Å². The van der Waals surface area contributed by atoms with Crippen molar-refractivity contribution in [2.24, 2.45) is 11.8 Å². The zero-order valence-electron chi connectivity index (χ0n) is 35.4. The van der Waals surface area contributed by atoms with Crippen LogP contribution in [0.5, 0.6) is 11.5 Å². The first kappa shape index (κ1) is 44.9. The number of carboxylic acid groups (broad SMARTS) is 1. The lowest BCUT2D eigenvalue weighted by Gasteiger charge is -2.38. The van der Waals surface area contributed by atoms with Crippen LogP contribution in [0.25, 0.3) is 10.9 Å². The fourth-order valence-corrected chi connectivity index (χ4v) is 8.52. The van der Waals surface area contributed by atoms with Crippen molar-refractivity contribution >= 4 is 28.9 Å². The Morgan fingerprint density at radius 2 is 1.59 bits per heavy atom. The number of rotatable bonds is 16. The van der Waals surface area contributed by atoms with Gasteiger partial charge in [0, 0.05) is 31.1 Å². The van der Waals surface area contributed by atoms with E-state index in [4.69, 9.17) is 13.9 Å². The Labute approximate surface area is 366 Å². The van der Waals surface area contributed by atoms with Gasteiger partial charge in [0.2, 0.25) is 5.56 Å². The van der Waals surface area contributed by atoms with Crippen molar-refractivity contribution < 1.29 is 43.6 Å². The monoisotopic (exact) mass is 863 g/mol. The Bertz CT molecular complexity index is 2330. The summed E-state index contributed by atoms with van der Waals surface area (Å²) in [7, 11) is 0. The van der Waals surface area contributed by atoms with E-state index < -0.39 is 18.2 Å². The highest BCUT2D eigenvalue weighted by Gasteiger charge is 2.30. The number of pyridine rings is 1. The highest BCUT2D eigenvalue weighted by Crippen LogP contribution is 2.30. The first-order valence-electron chi connectivity index (χ1n) is 21.9. The maximum Gasteiger partial charge on any atom is 0.405 e. The summed E-state index contributed by atoms with van der Waals surface area (Å²) in [5, 5.41) is 36.5. The molecule has 4 saturated heterocycles. The topological polar surface area (TPSA) is 207 Å². The molecule has 9 rings (SSSR count). The van der Waals surface area contributed by atoms with Gasteiger partial charge in [0.05, 0.1) is 30.2 Å². The van der Waals surface area contributed by atoms with Crippen LogP contribution in [0.3, 0.4) is 0 Å². The average molecular weight is 864 g/mol. The number of amides is 2. The maximum atomic E-state index is 13.2. The number of phenolic OH excluding ortho intramolecular Hbond substituents is 1. The van der Waals surface area contributed by atoms with Crippen LogP contribution in [0.2, 0.25) is 0 Å². The predicted octanol–water partition coefficient (Wildman–Crippen LogP) is 6.36. The van der Waals surface area contributed by atoms with Gasteiger partial charge in [-0.2, -0.15) is 0 Å². The van der Waals surface area contributed by atoms with Gasteiger partial charge in [-0.1, -0.05) is 48.5 Å². The van der Waals surface area contributed by atoms with Gasteiger partial charge in [0.1, 0.15) is 23.9 Å². The second-order valence-corrected chi connectivity index (χ2v) is 16.4. The lowest BCUT2D eigenvalue weighted by atomic mass is 9.89. The molecular weight excluding hydrogens is 807 g/mol. The van der Waals surface area contributed by atoms with E-state index in [-0.39, 0.29) is 60.1 Å². The van der Waals surface area contributed by atoms with Crippen LogP contribution < -0.4 is 20.9 Å². The Morgan fingerprint density at radius 1 is 0.841 bits per heavy atom. The number of unbranched alkanes of at least 4 members (excludes halogenated alkanes) is 1. The minimum atomic E-state index is -1.15. The number of piperidine rings is 4. The number of fused-ring (bicyclic) bond motifs is 4. The summed E-state index contributed by atoms with van der Waals surface area (Å²) in [6.45, 7) is 6.16. The SMILES string of the molecule is C1CN2CCC1CC2.O=C(O)NC(c1ccccc1)c1cccc(OCc2ccc(C(=O)N3CCC(C(=O)OCCCCNCC(O)c4ccc(O)c5[nH]c(=O)ccc45)CC3)o2)c1. The fraction of sp³-hybridized carbons (Fsp3) is 0.417. The Morgan fingerprint density at radius 3 is 2.29 bits per heavy atom. The number of hydrogen-bond acceptors (Lipinski definition) is 11. The van der Waals surface area contributed by atoms with Crippen molar-refractivity contribution in [1.82, 2.24) is 25.4 Å². The molecule has 4 aliphatic heterocycles. The van der Waals surface area contributed by atoms with Gasteiger partial charge in [-0.3, -0.25) is 14.4 Å². The molecule has 4 aliphatic rings. The van der Waals surface area contributed by atoms with Crippen molar-refractivity contribution in [1.29, 1.82) is 0 Å². The van der Waals surface area contributed by atoms with Crippen LogP contribution in [0.1, 0.15) is 90.1 Å². The smallest absolute Gasteiger partial charge is 0.405 e. The van der Waals surface area contributed by atoms with E-state index in [1.165, 1.54) is 51.0 Å². The number of H-pyrrole nitrogens is 1. The molecule has 2 aromatic heterocycles. The standard InChI is InChI=1S/C41H44N4O10.C7H13N/c46-33-14-12-31(32-13-16-36(48)43-38(32)33)34(47)24-42-19-4-5-22-53-40(50)27-17-20-45(21-18-27)39(49)35-15-11-30(55-35)25-54-29-10-6-9-28(23-29)37(44-41(51)52)26-7-2-1-3-8-26;1-4-8-5-2-7(1)3-6-8/h1-3,6-16,23,27,34,37,42,44,46-47H,4-5,17-22,24-25H2,(H,43,48)(H,51,52);7H,1-6H2. The van der Waals surface area contributed by atoms with E-state index in [2.05, 4.69) is 20.5 Å². The number of furan rings is 1. The Kier molecular flexibility index (Phi) is 15.5. The van der Waals surface area contributed by atoms with E-state index in [9.17, 15) is 34.5 Å². The first-order chi connectivity index (χ1) is 30.6. The molecular formula is C48H57N5O10. The molecule has 15 nitrogen and oxygen atoms in total. The van der Waals surface area contributed by atoms with Gasteiger partial charge >= 0.3 is 12.1 Å². The summed E-state index contributed by atoms with van der Waals surface area (Å²) >= 11 is 0. The number of nitrogens with zero attached hydrogens (tertiary/aromatic N) is 2. The second kappa shape index (κ2) is 21.8. The number of hydrogen-bond donors (Lipinski definition) is 6. The maximum absolute atomic E-state index is 13.2. The van der Waals surface area contributed by atoms with Gasteiger partial charge in [0.15, 0.2) is 5.76 Å². The molecule has 334 valence electrons. The number of benzene rings is 3. The molecule has 0 saturated carbocycles. The number of carbonyl (C=O) groups is 3. The van der Waals surface area contributed by atoms with Crippen LogP contribution in [0, 0.1) is 11.8 Å². The third-order valence-corrected chi connectivity index (χ3v) is 12.1. The second-order valence-electron chi connectivity index (χ2n) is 16.4. The van der Waals surface area contributed by atoms with Crippen LogP contribution >= 0.6 is 0 Å². The number of nitrogens with one attached hydrogen (secondary N) is 3. The molecule has 6 heterocycles. The Balaban J connectivity index is 0.000000661. The summed E-state index contributed by atoms with van der Waals surface area (Å²) in [5.74, 6) is 1.35. The quantitative estimate of drug-likeness (QED) is 0.0473. The third kappa shape index (κ3) is 12.3. The molecule has 2 amide bonds. The van der Waals surface area contributed by atoms with Crippen LogP contribution in [-0.2, 0) is 16.1 Å². The molecule has 63 heavy (non-hydrogen) atoms. The lowest BCUT2D eigenvalue weighted by molar-refractivity contribution is -0.150. The van der Waals surface area contributed by atoms with Crippen LogP contribution in [0.15, 0.2) is 100 Å². The molecule has 5 aromatic rings. The lowest BCUT2D eigenvalue weighted by Crippen LogP contribution is -2.41. The number of ether oxygens (including phenoxy) is 2. The molecule has 0 spiro atoms. The number of phenols is 1. The largest absolute Gasteiger partial charge is 0.506 e. The summed E-state index contributed by atoms with van der Waals surface area (Å²) in [5.41, 5.74) is 2.02. The highest BCUT2D eigenvalue weighted by molar-refractivity contribution is 5.91. The van der Waals surface area contributed by atoms with Crippen molar-refractivity contribution in [3.05, 3.63) is 130 Å². The fourth-order valence-electron chi connectivity index (χ4n) is 8.52. The van der Waals surface area contributed by atoms with Gasteiger partial charge in [-0.15, -0.1) is 0 Å². The van der Waals surface area contributed by atoms with Crippen molar-refractivity contribution in [2.45, 2.75) is 63.7 Å². The minimum absolute atomic E-state index is 0.0617. The van der Waals surface area contributed by atoms with E-state index in [1.807, 2.05) is 36.4 Å². The number of aliphatic hydroxyl groups is 1. The van der Waals surface area contributed by atoms with Crippen molar-refractivity contribution in [2.75, 3.05) is 52.4 Å². The van der Waals surface area contributed by atoms with E-state index in [0.717, 1.165) is 17.9 Å². The summed E-state index contributed by atoms with van der Waals surface area (Å²) < 4.78 is 17.3. The number of aliphatic hydroxyl groups excluding tert-OH is 1. The van der Waals surface area contributed by atoms with E-state index in [0.29, 0.717) is 66.9 Å². The van der Waals surface area contributed by atoms with Crippen LogP contribution in [-0.4, -0.2) is 100 Å². The van der Waals surface area contributed by atoms with Crippen molar-refractivity contribution in [3.63, 3.8) is 0 Å². The van der Waals surface area contributed by atoms with E-state index in [1.54, 1.807) is 47.4 Å². The summed E-state index contributed by atoms with van der Waals surface area (Å²) in [6, 6.07) is 25.1. The molecule has 6 N–H and O–H groups in total. The predicted molar refractivity (Wildman–Crippen MR) is 236 cm³/mol. The normalized spacial score (nSPS) is 18.2. The molecule has 4 fully saturated rings. The number of carbonyl (C=O) groups excluding carboxylic acids is 2. The first-order valence-corrected chi connectivity index (χ1v) is 21.9.